The normalized spacial score (nSPS) is 10.4. The highest BCUT2D eigenvalue weighted by Crippen LogP contribution is 2.20. The summed E-state index contributed by atoms with van der Waals surface area (Å²) >= 11 is 6.02. The number of nitrogens with zero attached hydrogens (tertiary/aromatic N) is 2. The third kappa shape index (κ3) is 3.36. The first-order valence-corrected chi connectivity index (χ1v) is 7.65. The molecule has 0 saturated heterocycles. The molecule has 0 radical (unpaired) electrons. The topological polar surface area (TPSA) is 64.0 Å². The molecule has 0 aliphatic heterocycles. The third-order valence-corrected chi connectivity index (χ3v) is 3.74. The molecule has 0 bridgehead atoms. The highest BCUT2D eigenvalue weighted by Gasteiger charge is 2.14. The number of nitrogens with one attached hydrogen (secondary N) is 1. The van der Waals surface area contributed by atoms with E-state index in [1.54, 1.807) is 24.3 Å². The van der Waals surface area contributed by atoms with E-state index in [2.05, 4.69) is 10.4 Å². The molecule has 120 valence electrons. The average molecular weight is 340 g/mol. The molecule has 0 spiro atoms. The number of hydrogen-bond donors (Lipinski definition) is 1. The number of anilines is 1. The van der Waals surface area contributed by atoms with Crippen molar-refractivity contribution in [2.75, 3.05) is 5.32 Å². The van der Waals surface area contributed by atoms with Crippen LogP contribution in [-0.4, -0.2) is 15.7 Å². The first kappa shape index (κ1) is 16.0. The zero-order valence-electron chi connectivity index (χ0n) is 12.9. The van der Waals surface area contributed by atoms with Gasteiger partial charge in [-0.3, -0.25) is 9.59 Å². The molecule has 24 heavy (non-hydrogen) atoms. The second-order valence-corrected chi connectivity index (χ2v) is 5.65. The number of carbonyl (C=O) groups is 1. The number of rotatable bonds is 3. The van der Waals surface area contributed by atoms with Crippen LogP contribution >= 0.6 is 11.6 Å². The smallest absolute Gasteiger partial charge is 0.280 e. The van der Waals surface area contributed by atoms with Crippen LogP contribution in [0.1, 0.15) is 16.1 Å². The van der Waals surface area contributed by atoms with Crippen LogP contribution in [0.2, 0.25) is 5.02 Å². The van der Waals surface area contributed by atoms with Crippen molar-refractivity contribution in [1.29, 1.82) is 0 Å². The molecule has 0 atom stereocenters. The van der Waals surface area contributed by atoms with Crippen LogP contribution in [0.25, 0.3) is 5.69 Å². The van der Waals surface area contributed by atoms with Crippen molar-refractivity contribution < 1.29 is 4.79 Å². The molecule has 3 aromatic rings. The van der Waals surface area contributed by atoms with Gasteiger partial charge in [-0.15, -0.1) is 0 Å². The largest absolute Gasteiger partial charge is 0.319 e. The Labute approximate surface area is 143 Å². The summed E-state index contributed by atoms with van der Waals surface area (Å²) in [4.78, 5) is 24.4. The van der Waals surface area contributed by atoms with Gasteiger partial charge in [-0.1, -0.05) is 35.9 Å². The van der Waals surface area contributed by atoms with Crippen LogP contribution in [0, 0.1) is 6.92 Å². The fourth-order valence-electron chi connectivity index (χ4n) is 2.22. The number of halogens is 1. The predicted octanol–water partition coefficient (Wildman–Crippen LogP) is 3.45. The molecule has 0 unspecified atom stereocenters. The molecule has 1 amide bonds. The minimum atomic E-state index is -0.602. The van der Waals surface area contributed by atoms with Gasteiger partial charge >= 0.3 is 0 Å². The van der Waals surface area contributed by atoms with Gasteiger partial charge in [0, 0.05) is 12.3 Å². The number of aryl methyl sites for hydroxylation is 1. The summed E-state index contributed by atoms with van der Waals surface area (Å²) < 4.78 is 1.50. The van der Waals surface area contributed by atoms with Crippen LogP contribution in [0.4, 0.5) is 5.69 Å². The summed E-state index contributed by atoms with van der Waals surface area (Å²) in [6, 6.07) is 15.7. The van der Waals surface area contributed by atoms with Crippen molar-refractivity contribution in [3.63, 3.8) is 0 Å². The Kier molecular flexibility index (Phi) is 4.44. The molecule has 0 saturated carbocycles. The Morgan fingerprint density at radius 1 is 1.12 bits per heavy atom. The van der Waals surface area contributed by atoms with Crippen LogP contribution < -0.4 is 10.7 Å². The van der Waals surface area contributed by atoms with Gasteiger partial charge in [-0.2, -0.15) is 5.10 Å². The maximum atomic E-state index is 12.4. The van der Waals surface area contributed by atoms with E-state index in [1.165, 1.54) is 16.9 Å². The minimum absolute atomic E-state index is 0.195. The standard InChI is InChI=1S/C18H14ClN3O2/c1-12-5-4-6-13(11-12)22-10-9-16(23)17(21-22)18(24)20-15-8-3-2-7-14(15)19/h2-11H,1H3,(H,20,24). The Hall–Kier alpha value is -2.92. The number of hydrogen-bond acceptors (Lipinski definition) is 3. The van der Waals surface area contributed by atoms with Crippen molar-refractivity contribution in [2.45, 2.75) is 6.92 Å². The Morgan fingerprint density at radius 3 is 2.67 bits per heavy atom. The van der Waals surface area contributed by atoms with E-state index in [9.17, 15) is 9.59 Å². The summed E-state index contributed by atoms with van der Waals surface area (Å²) in [5.41, 5.74) is 1.59. The number of carbonyl (C=O) groups excluding carboxylic acids is 1. The quantitative estimate of drug-likeness (QED) is 0.795. The zero-order valence-corrected chi connectivity index (χ0v) is 13.6. The van der Waals surface area contributed by atoms with Crippen LogP contribution in [-0.2, 0) is 0 Å². The third-order valence-electron chi connectivity index (χ3n) is 3.41. The summed E-state index contributed by atoms with van der Waals surface area (Å²) in [6.07, 6.45) is 1.53. The number of aromatic nitrogens is 2. The van der Waals surface area contributed by atoms with Gasteiger partial charge in [0.05, 0.1) is 16.4 Å². The summed E-state index contributed by atoms with van der Waals surface area (Å²) in [5, 5.41) is 7.16. The molecule has 1 N–H and O–H groups in total. The maximum absolute atomic E-state index is 12.4. The molecule has 6 heteroatoms. The van der Waals surface area contributed by atoms with Gasteiger partial charge in [0.15, 0.2) is 5.69 Å². The monoisotopic (exact) mass is 339 g/mol. The molecule has 0 aliphatic rings. The summed E-state index contributed by atoms with van der Waals surface area (Å²) in [6.45, 7) is 1.96. The lowest BCUT2D eigenvalue weighted by molar-refractivity contribution is 0.101. The second-order valence-electron chi connectivity index (χ2n) is 5.25. The van der Waals surface area contributed by atoms with Crippen molar-refractivity contribution in [3.05, 3.63) is 87.3 Å². The van der Waals surface area contributed by atoms with Gasteiger partial charge in [0.2, 0.25) is 5.43 Å². The molecule has 0 aliphatic carbocycles. The predicted molar refractivity (Wildman–Crippen MR) is 94.0 cm³/mol. The molecule has 1 aromatic heterocycles. The van der Waals surface area contributed by atoms with Crippen molar-refractivity contribution >= 4 is 23.2 Å². The highest BCUT2D eigenvalue weighted by atomic mass is 35.5. The van der Waals surface area contributed by atoms with Gasteiger partial charge < -0.3 is 5.32 Å². The van der Waals surface area contributed by atoms with E-state index in [1.807, 2.05) is 31.2 Å². The molecule has 5 nitrogen and oxygen atoms in total. The fraction of sp³-hybridized carbons (Fsp3) is 0.0556. The molecule has 2 aromatic carbocycles. The van der Waals surface area contributed by atoms with E-state index < -0.39 is 11.3 Å². The molecular formula is C18H14ClN3O2. The van der Waals surface area contributed by atoms with Gasteiger partial charge in [-0.25, -0.2) is 4.68 Å². The van der Waals surface area contributed by atoms with E-state index in [-0.39, 0.29) is 5.69 Å². The first-order chi connectivity index (χ1) is 11.5. The van der Waals surface area contributed by atoms with Gasteiger partial charge in [-0.05, 0) is 36.8 Å². The van der Waals surface area contributed by atoms with E-state index >= 15 is 0 Å². The number of para-hydroxylation sites is 1. The van der Waals surface area contributed by atoms with Gasteiger partial charge in [0.1, 0.15) is 0 Å². The molecule has 3 rings (SSSR count). The molecule has 0 fully saturated rings. The first-order valence-electron chi connectivity index (χ1n) is 7.27. The van der Waals surface area contributed by atoms with E-state index in [0.717, 1.165) is 11.3 Å². The average Bonchev–Trinajstić information content (AvgIpc) is 2.57. The molecule has 1 heterocycles. The number of benzene rings is 2. The SMILES string of the molecule is Cc1cccc(-n2ccc(=O)c(C(=O)Nc3ccccc3Cl)n2)c1. The Morgan fingerprint density at radius 2 is 1.92 bits per heavy atom. The fourth-order valence-corrected chi connectivity index (χ4v) is 2.41. The Bertz CT molecular complexity index is 966. The summed E-state index contributed by atoms with van der Waals surface area (Å²) in [5.74, 6) is -0.602. The van der Waals surface area contributed by atoms with Gasteiger partial charge in [0.25, 0.3) is 5.91 Å². The Balaban J connectivity index is 1.96. The maximum Gasteiger partial charge on any atom is 0.280 e. The highest BCUT2D eigenvalue weighted by molar-refractivity contribution is 6.33. The lowest BCUT2D eigenvalue weighted by atomic mass is 10.2. The van der Waals surface area contributed by atoms with Crippen molar-refractivity contribution in [1.82, 2.24) is 9.78 Å². The number of amides is 1. The van der Waals surface area contributed by atoms with Crippen LogP contribution in [0.3, 0.4) is 0 Å². The lowest BCUT2D eigenvalue weighted by Gasteiger charge is -2.09. The summed E-state index contributed by atoms with van der Waals surface area (Å²) in [7, 11) is 0. The second kappa shape index (κ2) is 6.68. The van der Waals surface area contributed by atoms with E-state index in [0.29, 0.717) is 10.7 Å². The van der Waals surface area contributed by atoms with E-state index in [4.69, 9.17) is 11.6 Å². The van der Waals surface area contributed by atoms with Crippen LogP contribution in [0.15, 0.2) is 65.6 Å². The van der Waals surface area contributed by atoms with Crippen molar-refractivity contribution in [3.8, 4) is 5.69 Å². The minimum Gasteiger partial charge on any atom is -0.319 e. The molecular weight excluding hydrogens is 326 g/mol. The zero-order chi connectivity index (χ0) is 17.1. The lowest BCUT2D eigenvalue weighted by Crippen LogP contribution is -2.25. The van der Waals surface area contributed by atoms with Crippen molar-refractivity contribution in [2.24, 2.45) is 0 Å². The van der Waals surface area contributed by atoms with Crippen LogP contribution in [0.5, 0.6) is 0 Å².